The van der Waals surface area contributed by atoms with Crippen molar-refractivity contribution >= 4 is 10.9 Å². The lowest BCUT2D eigenvalue weighted by atomic mass is 10.0. The van der Waals surface area contributed by atoms with Gasteiger partial charge in [-0.2, -0.15) is 0 Å². The van der Waals surface area contributed by atoms with E-state index in [9.17, 15) is 4.79 Å². The first kappa shape index (κ1) is 23.2. The molecule has 9 nitrogen and oxygen atoms in total. The van der Waals surface area contributed by atoms with E-state index in [0.29, 0.717) is 31.0 Å². The van der Waals surface area contributed by atoms with Crippen LogP contribution in [-0.4, -0.2) is 56.5 Å². The molecule has 0 radical (unpaired) electrons. The summed E-state index contributed by atoms with van der Waals surface area (Å²) in [5.74, 6) is 1.36. The standard InChI is InChI=1S/C26H30N6O3/c1-3-31(16-18-8-5-4-6-9-18)24(25-28-29-30-32(25)17-21-10-7-13-35-21)22-15-19-14-20(34-2)11-12-23(19)27-26(22)33/h4-6,8-9,11-12,14-15,21,24H,3,7,10,13,16-17H2,1-2H3,(H,27,33)/t21-,24+/m1/s1. The Balaban J connectivity index is 1.62. The van der Waals surface area contributed by atoms with Gasteiger partial charge < -0.3 is 14.5 Å². The number of ether oxygens (including phenoxy) is 2. The number of aromatic nitrogens is 5. The smallest absolute Gasteiger partial charge is 0.253 e. The lowest BCUT2D eigenvalue weighted by molar-refractivity contribution is 0.0907. The van der Waals surface area contributed by atoms with Crippen molar-refractivity contribution in [1.82, 2.24) is 30.1 Å². The van der Waals surface area contributed by atoms with Crippen LogP contribution < -0.4 is 10.3 Å². The Morgan fingerprint density at radius 2 is 2.09 bits per heavy atom. The highest BCUT2D eigenvalue weighted by atomic mass is 16.5. The zero-order valence-electron chi connectivity index (χ0n) is 20.1. The van der Waals surface area contributed by atoms with Gasteiger partial charge in [-0.25, -0.2) is 4.68 Å². The van der Waals surface area contributed by atoms with Crippen LogP contribution in [0.4, 0.5) is 0 Å². The number of H-pyrrole nitrogens is 1. The van der Waals surface area contributed by atoms with Gasteiger partial charge in [-0.15, -0.1) is 5.10 Å². The lowest BCUT2D eigenvalue weighted by Crippen LogP contribution is -2.35. The third kappa shape index (κ3) is 4.96. The van der Waals surface area contributed by atoms with Crippen LogP contribution in [0.15, 0.2) is 59.4 Å². The van der Waals surface area contributed by atoms with Crippen molar-refractivity contribution in [2.75, 3.05) is 20.3 Å². The fourth-order valence-corrected chi connectivity index (χ4v) is 4.75. The maximum Gasteiger partial charge on any atom is 0.253 e. The second-order valence-electron chi connectivity index (χ2n) is 8.81. The minimum atomic E-state index is -0.448. The monoisotopic (exact) mass is 474 g/mol. The molecule has 182 valence electrons. The molecule has 3 heterocycles. The van der Waals surface area contributed by atoms with Gasteiger partial charge in [0.25, 0.3) is 5.56 Å². The highest BCUT2D eigenvalue weighted by molar-refractivity contribution is 5.80. The number of tetrazole rings is 1. The van der Waals surface area contributed by atoms with Crippen molar-refractivity contribution in [2.45, 2.75) is 45.0 Å². The van der Waals surface area contributed by atoms with E-state index in [-0.39, 0.29) is 11.7 Å². The summed E-state index contributed by atoms with van der Waals surface area (Å²) in [4.78, 5) is 18.7. The predicted molar refractivity (Wildman–Crippen MR) is 132 cm³/mol. The molecule has 2 aromatic heterocycles. The summed E-state index contributed by atoms with van der Waals surface area (Å²) >= 11 is 0. The molecule has 0 unspecified atom stereocenters. The second kappa shape index (κ2) is 10.4. The van der Waals surface area contributed by atoms with Crippen LogP contribution in [-0.2, 0) is 17.8 Å². The van der Waals surface area contributed by atoms with E-state index in [1.54, 1.807) is 11.8 Å². The largest absolute Gasteiger partial charge is 0.497 e. The van der Waals surface area contributed by atoms with Gasteiger partial charge in [0.1, 0.15) is 11.8 Å². The molecule has 2 aromatic carbocycles. The van der Waals surface area contributed by atoms with Crippen LogP contribution in [0.1, 0.15) is 42.8 Å². The molecule has 1 aliphatic heterocycles. The van der Waals surface area contributed by atoms with Gasteiger partial charge >= 0.3 is 0 Å². The van der Waals surface area contributed by atoms with Crippen LogP contribution in [0, 0.1) is 0 Å². The van der Waals surface area contributed by atoms with E-state index in [1.165, 1.54) is 0 Å². The van der Waals surface area contributed by atoms with E-state index >= 15 is 0 Å². The third-order valence-corrected chi connectivity index (χ3v) is 6.58. The van der Waals surface area contributed by atoms with Gasteiger partial charge in [0, 0.05) is 29.6 Å². The molecule has 1 fully saturated rings. The number of nitrogens with one attached hydrogen (secondary N) is 1. The van der Waals surface area contributed by atoms with Gasteiger partial charge in [-0.05, 0) is 59.6 Å². The van der Waals surface area contributed by atoms with E-state index in [2.05, 4.69) is 44.5 Å². The molecule has 2 atom stereocenters. The molecule has 9 heteroatoms. The van der Waals surface area contributed by atoms with Gasteiger partial charge in [0.15, 0.2) is 5.82 Å². The van der Waals surface area contributed by atoms with Gasteiger partial charge in [0.2, 0.25) is 0 Å². The first-order chi connectivity index (χ1) is 17.2. The Labute approximate surface area is 203 Å². The van der Waals surface area contributed by atoms with Crippen LogP contribution in [0.5, 0.6) is 5.75 Å². The molecule has 0 saturated carbocycles. The lowest BCUT2D eigenvalue weighted by Gasteiger charge is -2.30. The van der Waals surface area contributed by atoms with Gasteiger partial charge in [-0.1, -0.05) is 37.3 Å². The van der Waals surface area contributed by atoms with Crippen molar-refractivity contribution in [2.24, 2.45) is 0 Å². The number of rotatable bonds is 9. The molecular weight excluding hydrogens is 444 g/mol. The van der Waals surface area contributed by atoms with Crippen LogP contribution >= 0.6 is 0 Å². The molecular formula is C26H30N6O3. The normalized spacial score (nSPS) is 16.7. The maximum absolute atomic E-state index is 13.4. The number of fused-ring (bicyclic) bond motifs is 1. The third-order valence-electron chi connectivity index (χ3n) is 6.58. The number of nitrogens with zero attached hydrogens (tertiary/aromatic N) is 5. The molecule has 1 N–H and O–H groups in total. The van der Waals surface area contributed by atoms with Crippen molar-refractivity contribution in [3.63, 3.8) is 0 Å². The average Bonchev–Trinajstić information content (AvgIpc) is 3.57. The highest BCUT2D eigenvalue weighted by Crippen LogP contribution is 2.29. The maximum atomic E-state index is 13.4. The number of benzene rings is 2. The first-order valence-corrected chi connectivity index (χ1v) is 12.0. The van der Waals surface area contributed by atoms with Crippen molar-refractivity contribution in [1.29, 1.82) is 0 Å². The molecule has 1 aliphatic rings. The summed E-state index contributed by atoms with van der Waals surface area (Å²) in [6.45, 7) is 4.74. The molecule has 0 spiro atoms. The zero-order chi connectivity index (χ0) is 24.2. The summed E-state index contributed by atoms with van der Waals surface area (Å²) in [7, 11) is 1.63. The van der Waals surface area contributed by atoms with Crippen molar-refractivity contribution < 1.29 is 9.47 Å². The van der Waals surface area contributed by atoms with Crippen LogP contribution in [0.2, 0.25) is 0 Å². The topological polar surface area (TPSA) is 98.2 Å². The summed E-state index contributed by atoms with van der Waals surface area (Å²) < 4.78 is 13.1. The number of hydrogen-bond acceptors (Lipinski definition) is 7. The Morgan fingerprint density at radius 3 is 2.83 bits per heavy atom. The van der Waals surface area contributed by atoms with Crippen LogP contribution in [0.3, 0.4) is 0 Å². The summed E-state index contributed by atoms with van der Waals surface area (Å²) in [6.07, 6.45) is 2.08. The summed E-state index contributed by atoms with van der Waals surface area (Å²) in [5, 5.41) is 13.6. The van der Waals surface area contributed by atoms with E-state index in [1.807, 2.05) is 42.5 Å². The van der Waals surface area contributed by atoms with Gasteiger partial charge in [0.05, 0.1) is 19.8 Å². The summed E-state index contributed by atoms with van der Waals surface area (Å²) in [5.41, 5.74) is 2.33. The minimum absolute atomic E-state index is 0.0706. The molecule has 4 aromatic rings. The molecule has 0 bridgehead atoms. The number of aromatic amines is 1. The zero-order valence-corrected chi connectivity index (χ0v) is 20.1. The van der Waals surface area contributed by atoms with Gasteiger partial charge in [-0.3, -0.25) is 9.69 Å². The molecule has 35 heavy (non-hydrogen) atoms. The Kier molecular flexibility index (Phi) is 6.87. The number of hydrogen-bond donors (Lipinski definition) is 1. The quantitative estimate of drug-likeness (QED) is 0.397. The fraction of sp³-hybridized carbons (Fsp3) is 0.385. The Morgan fingerprint density at radius 1 is 1.23 bits per heavy atom. The predicted octanol–water partition coefficient (Wildman–Crippen LogP) is 3.31. The molecule has 5 rings (SSSR count). The first-order valence-electron chi connectivity index (χ1n) is 12.0. The van der Waals surface area contributed by atoms with E-state index in [4.69, 9.17) is 9.47 Å². The molecule has 1 saturated heterocycles. The summed E-state index contributed by atoms with van der Waals surface area (Å²) in [6, 6.07) is 17.3. The molecule has 0 aliphatic carbocycles. The van der Waals surface area contributed by atoms with E-state index < -0.39 is 6.04 Å². The average molecular weight is 475 g/mol. The highest BCUT2D eigenvalue weighted by Gasteiger charge is 2.31. The SMILES string of the molecule is CCN(Cc1ccccc1)[C@@H](c1cc2cc(OC)ccc2[nH]c1=O)c1nnnn1C[C@H]1CCCO1. The second-order valence-corrected chi connectivity index (χ2v) is 8.81. The Bertz CT molecular complexity index is 1330. The van der Waals surface area contributed by atoms with Crippen molar-refractivity contribution in [3.8, 4) is 5.75 Å². The fourth-order valence-electron chi connectivity index (χ4n) is 4.75. The number of methoxy groups -OCH3 is 1. The molecule has 0 amide bonds. The minimum Gasteiger partial charge on any atom is -0.497 e. The van der Waals surface area contributed by atoms with E-state index in [0.717, 1.165) is 41.7 Å². The Hall–Kier alpha value is -3.56. The number of pyridine rings is 1. The van der Waals surface area contributed by atoms with Crippen LogP contribution in [0.25, 0.3) is 10.9 Å². The van der Waals surface area contributed by atoms with Crippen molar-refractivity contribution in [3.05, 3.63) is 81.9 Å².